The van der Waals surface area contributed by atoms with Crippen molar-refractivity contribution in [2.24, 2.45) is 0 Å². The van der Waals surface area contributed by atoms with Crippen molar-refractivity contribution in [1.29, 1.82) is 0 Å². The van der Waals surface area contributed by atoms with E-state index in [1.165, 1.54) is 0 Å². The summed E-state index contributed by atoms with van der Waals surface area (Å²) in [4.78, 5) is 11.9. The molecular formula is C18H17N5O. The van der Waals surface area contributed by atoms with Crippen molar-refractivity contribution in [2.45, 2.75) is 6.92 Å². The lowest BCUT2D eigenvalue weighted by Gasteiger charge is -2.09. The average Bonchev–Trinajstić information content (AvgIpc) is 2.59. The Morgan fingerprint density at radius 3 is 2.00 bits per heavy atom. The molecule has 0 radical (unpaired) electrons. The van der Waals surface area contributed by atoms with Gasteiger partial charge in [-0.25, -0.2) is 4.79 Å². The molecule has 0 aliphatic rings. The minimum Gasteiger partial charge on any atom is -0.339 e. The molecule has 0 atom stereocenters. The van der Waals surface area contributed by atoms with Gasteiger partial charge in [-0.3, -0.25) is 0 Å². The van der Waals surface area contributed by atoms with Crippen LogP contribution in [0.2, 0.25) is 0 Å². The van der Waals surface area contributed by atoms with E-state index in [1.54, 1.807) is 0 Å². The predicted molar refractivity (Wildman–Crippen MR) is 95.6 cm³/mol. The fraction of sp³-hybridized carbons (Fsp3) is 0.0556. The Bertz CT molecular complexity index is 801. The number of para-hydroxylation sites is 1. The number of urea groups is 1. The summed E-state index contributed by atoms with van der Waals surface area (Å²) in [5, 5.41) is 16.7. The highest BCUT2D eigenvalue weighted by Crippen LogP contribution is 2.17. The average molecular weight is 319 g/mol. The van der Waals surface area contributed by atoms with Crippen LogP contribution in [-0.2, 0) is 0 Å². The van der Waals surface area contributed by atoms with Crippen LogP contribution in [0.25, 0.3) is 0 Å². The highest BCUT2D eigenvalue weighted by atomic mass is 16.2. The lowest BCUT2D eigenvalue weighted by Crippen LogP contribution is -2.19. The van der Waals surface area contributed by atoms with Gasteiger partial charge < -0.3 is 16.0 Å². The molecule has 0 fully saturated rings. The van der Waals surface area contributed by atoms with Gasteiger partial charge in [-0.2, -0.15) is 5.10 Å². The smallest absolute Gasteiger partial charge is 0.323 e. The summed E-state index contributed by atoms with van der Waals surface area (Å²) in [5.41, 5.74) is 3.17. The molecule has 0 spiro atoms. The van der Waals surface area contributed by atoms with Gasteiger partial charge in [0.15, 0.2) is 5.82 Å². The maximum Gasteiger partial charge on any atom is 0.323 e. The highest BCUT2D eigenvalue weighted by molar-refractivity contribution is 5.99. The summed E-state index contributed by atoms with van der Waals surface area (Å²) in [5.74, 6) is 0.670. The first-order chi connectivity index (χ1) is 11.7. The molecule has 3 N–H and O–H groups in total. The van der Waals surface area contributed by atoms with Crippen LogP contribution in [-0.4, -0.2) is 16.2 Å². The van der Waals surface area contributed by atoms with Crippen molar-refractivity contribution in [3.05, 3.63) is 72.4 Å². The Labute approximate surface area is 139 Å². The molecule has 3 rings (SSSR count). The van der Waals surface area contributed by atoms with E-state index in [4.69, 9.17) is 0 Å². The van der Waals surface area contributed by atoms with Gasteiger partial charge in [0.2, 0.25) is 0 Å². The van der Waals surface area contributed by atoms with Crippen LogP contribution < -0.4 is 16.0 Å². The van der Waals surface area contributed by atoms with Gasteiger partial charge in [-0.05, 0) is 55.5 Å². The number of aryl methyl sites for hydroxylation is 1. The molecule has 0 unspecified atom stereocenters. The number of aromatic nitrogens is 2. The van der Waals surface area contributed by atoms with Crippen molar-refractivity contribution in [3.63, 3.8) is 0 Å². The zero-order chi connectivity index (χ0) is 16.8. The van der Waals surface area contributed by atoms with E-state index in [0.717, 1.165) is 17.1 Å². The van der Waals surface area contributed by atoms with E-state index < -0.39 is 0 Å². The first-order valence-corrected chi connectivity index (χ1v) is 7.49. The number of carbonyl (C=O) groups excluding carboxylic acids is 1. The predicted octanol–water partition coefficient (Wildman–Crippen LogP) is 4.17. The normalized spacial score (nSPS) is 10.0. The Morgan fingerprint density at radius 2 is 1.38 bits per heavy atom. The molecule has 0 saturated heterocycles. The van der Waals surface area contributed by atoms with Gasteiger partial charge in [-0.1, -0.05) is 18.2 Å². The zero-order valence-corrected chi connectivity index (χ0v) is 13.2. The van der Waals surface area contributed by atoms with Crippen molar-refractivity contribution in [2.75, 3.05) is 16.0 Å². The van der Waals surface area contributed by atoms with Crippen molar-refractivity contribution in [1.82, 2.24) is 10.2 Å². The molecule has 120 valence electrons. The third kappa shape index (κ3) is 4.30. The minimum absolute atomic E-state index is 0.286. The lowest BCUT2D eigenvalue weighted by atomic mass is 10.2. The first-order valence-electron chi connectivity index (χ1n) is 7.49. The molecule has 2 aromatic carbocycles. The number of amides is 2. The molecule has 24 heavy (non-hydrogen) atoms. The van der Waals surface area contributed by atoms with Crippen LogP contribution >= 0.6 is 0 Å². The fourth-order valence-corrected chi connectivity index (χ4v) is 2.07. The van der Waals surface area contributed by atoms with Gasteiger partial charge in [0.05, 0.1) is 5.69 Å². The summed E-state index contributed by atoms with van der Waals surface area (Å²) >= 11 is 0. The molecule has 0 aliphatic carbocycles. The number of hydrogen-bond acceptors (Lipinski definition) is 4. The van der Waals surface area contributed by atoms with Crippen LogP contribution in [0, 0.1) is 6.92 Å². The van der Waals surface area contributed by atoms with Crippen LogP contribution in [0.5, 0.6) is 0 Å². The van der Waals surface area contributed by atoms with Crippen LogP contribution in [0.15, 0.2) is 66.7 Å². The monoisotopic (exact) mass is 319 g/mol. The third-order valence-electron chi connectivity index (χ3n) is 3.24. The largest absolute Gasteiger partial charge is 0.339 e. The van der Waals surface area contributed by atoms with Crippen molar-refractivity contribution >= 4 is 28.9 Å². The number of rotatable bonds is 4. The van der Waals surface area contributed by atoms with Gasteiger partial charge >= 0.3 is 6.03 Å². The number of anilines is 4. The Morgan fingerprint density at radius 1 is 0.750 bits per heavy atom. The fourth-order valence-electron chi connectivity index (χ4n) is 2.07. The lowest BCUT2D eigenvalue weighted by molar-refractivity contribution is 0.262. The SMILES string of the molecule is Cc1ccc(Nc2ccc(NC(=O)Nc3ccccc3)cc2)nn1. The molecule has 2 amide bonds. The van der Waals surface area contributed by atoms with E-state index in [2.05, 4.69) is 26.1 Å². The van der Waals surface area contributed by atoms with E-state index in [1.807, 2.05) is 73.7 Å². The topological polar surface area (TPSA) is 78.9 Å². The number of hydrogen-bond donors (Lipinski definition) is 3. The molecule has 0 bridgehead atoms. The molecular weight excluding hydrogens is 302 g/mol. The quantitative estimate of drug-likeness (QED) is 0.674. The maximum absolute atomic E-state index is 11.9. The standard InChI is InChI=1S/C18H17N5O/c1-13-7-12-17(23-22-13)19-15-8-10-16(11-9-15)21-18(24)20-14-5-3-2-4-6-14/h2-12H,1H3,(H,19,23)(H2,20,21,24). The Balaban J connectivity index is 1.58. The first kappa shape index (κ1) is 15.5. The maximum atomic E-state index is 11.9. The number of benzene rings is 2. The molecule has 0 saturated carbocycles. The summed E-state index contributed by atoms with van der Waals surface area (Å²) in [6.07, 6.45) is 0. The number of nitrogens with zero attached hydrogens (tertiary/aromatic N) is 2. The molecule has 1 heterocycles. The molecule has 0 aliphatic heterocycles. The second kappa shape index (κ2) is 7.23. The summed E-state index contributed by atoms with van der Waals surface area (Å²) in [6.45, 7) is 1.89. The van der Waals surface area contributed by atoms with Gasteiger partial charge in [0.1, 0.15) is 0 Å². The Kier molecular flexibility index (Phi) is 4.67. The Hall–Kier alpha value is -3.41. The van der Waals surface area contributed by atoms with E-state index in [-0.39, 0.29) is 6.03 Å². The molecule has 6 nitrogen and oxygen atoms in total. The molecule has 6 heteroatoms. The van der Waals surface area contributed by atoms with Gasteiger partial charge in [-0.15, -0.1) is 5.10 Å². The van der Waals surface area contributed by atoms with Gasteiger partial charge in [0.25, 0.3) is 0 Å². The minimum atomic E-state index is -0.286. The third-order valence-corrected chi connectivity index (χ3v) is 3.24. The molecule has 3 aromatic rings. The van der Waals surface area contributed by atoms with Crippen LogP contribution in [0.3, 0.4) is 0 Å². The van der Waals surface area contributed by atoms with E-state index in [9.17, 15) is 4.79 Å². The second-order valence-corrected chi connectivity index (χ2v) is 5.21. The van der Waals surface area contributed by atoms with E-state index in [0.29, 0.717) is 11.5 Å². The zero-order valence-electron chi connectivity index (χ0n) is 13.2. The van der Waals surface area contributed by atoms with E-state index >= 15 is 0 Å². The summed E-state index contributed by atoms with van der Waals surface area (Å²) in [7, 11) is 0. The van der Waals surface area contributed by atoms with Crippen molar-refractivity contribution < 1.29 is 4.79 Å². The van der Waals surface area contributed by atoms with Crippen LogP contribution in [0.1, 0.15) is 5.69 Å². The highest BCUT2D eigenvalue weighted by Gasteiger charge is 2.03. The number of nitrogens with one attached hydrogen (secondary N) is 3. The second-order valence-electron chi connectivity index (χ2n) is 5.21. The van der Waals surface area contributed by atoms with Gasteiger partial charge in [0, 0.05) is 17.1 Å². The summed E-state index contributed by atoms with van der Waals surface area (Å²) < 4.78 is 0. The van der Waals surface area contributed by atoms with Crippen LogP contribution in [0.4, 0.5) is 27.7 Å². The number of carbonyl (C=O) groups is 1. The molecule has 1 aromatic heterocycles. The summed E-state index contributed by atoms with van der Waals surface area (Å²) in [6, 6.07) is 20.1. The van der Waals surface area contributed by atoms with Crippen molar-refractivity contribution in [3.8, 4) is 0 Å².